The number of benzene rings is 1. The summed E-state index contributed by atoms with van der Waals surface area (Å²) in [6.07, 6.45) is 1.20. The van der Waals surface area contributed by atoms with Crippen LogP contribution < -0.4 is 0 Å². The maximum absolute atomic E-state index is 5.55. The lowest BCUT2D eigenvalue weighted by molar-refractivity contribution is 0.137. The summed E-state index contributed by atoms with van der Waals surface area (Å²) < 4.78 is 5.55. The molecule has 0 saturated carbocycles. The van der Waals surface area contributed by atoms with E-state index in [2.05, 4.69) is 42.2 Å². The molecule has 17 heavy (non-hydrogen) atoms. The van der Waals surface area contributed by atoms with Gasteiger partial charge < -0.3 is 4.74 Å². The second kappa shape index (κ2) is 4.79. The molecular weight excluding hydrogens is 210 g/mol. The van der Waals surface area contributed by atoms with Crippen LogP contribution in [0.15, 0.2) is 30.3 Å². The standard InChI is InChI=1S/C15H21NO/c1-2-15(12-6-4-3-5-7-12)16-8-13-10-17-11-14(13)9-16/h3-7,13-15H,2,8-11H2,1H3. The van der Waals surface area contributed by atoms with Crippen molar-refractivity contribution in [3.8, 4) is 0 Å². The van der Waals surface area contributed by atoms with E-state index < -0.39 is 0 Å². The molecule has 92 valence electrons. The minimum absolute atomic E-state index is 0.599. The maximum atomic E-state index is 5.55. The van der Waals surface area contributed by atoms with E-state index in [1.165, 1.54) is 25.1 Å². The van der Waals surface area contributed by atoms with Gasteiger partial charge in [0.1, 0.15) is 0 Å². The average Bonchev–Trinajstić information content (AvgIpc) is 2.92. The molecule has 2 fully saturated rings. The van der Waals surface area contributed by atoms with Crippen molar-refractivity contribution in [2.45, 2.75) is 19.4 Å². The summed E-state index contributed by atoms with van der Waals surface area (Å²) in [5.74, 6) is 1.57. The molecule has 0 amide bonds. The Hall–Kier alpha value is -0.860. The zero-order valence-electron chi connectivity index (χ0n) is 10.5. The van der Waals surface area contributed by atoms with Crippen LogP contribution in [0, 0.1) is 11.8 Å². The first kappa shape index (κ1) is 11.2. The minimum Gasteiger partial charge on any atom is -0.381 e. The van der Waals surface area contributed by atoms with Crippen molar-refractivity contribution in [2.24, 2.45) is 11.8 Å². The summed E-state index contributed by atoms with van der Waals surface area (Å²) in [5.41, 5.74) is 1.47. The van der Waals surface area contributed by atoms with Crippen LogP contribution in [0.1, 0.15) is 24.9 Å². The second-order valence-electron chi connectivity index (χ2n) is 5.35. The Morgan fingerprint density at radius 3 is 2.41 bits per heavy atom. The van der Waals surface area contributed by atoms with Crippen LogP contribution in [0.25, 0.3) is 0 Å². The Labute approximate surface area is 104 Å². The first-order valence-corrected chi connectivity index (χ1v) is 6.75. The average molecular weight is 231 g/mol. The molecule has 0 spiro atoms. The van der Waals surface area contributed by atoms with E-state index in [1.807, 2.05) is 0 Å². The van der Waals surface area contributed by atoms with Crippen molar-refractivity contribution in [3.05, 3.63) is 35.9 Å². The van der Waals surface area contributed by atoms with Gasteiger partial charge in [-0.05, 0) is 12.0 Å². The molecule has 1 aromatic rings. The molecule has 2 heterocycles. The largest absolute Gasteiger partial charge is 0.381 e. The van der Waals surface area contributed by atoms with Crippen molar-refractivity contribution < 1.29 is 4.74 Å². The van der Waals surface area contributed by atoms with E-state index in [9.17, 15) is 0 Å². The lowest BCUT2D eigenvalue weighted by Crippen LogP contribution is -2.27. The summed E-state index contributed by atoms with van der Waals surface area (Å²) >= 11 is 0. The van der Waals surface area contributed by atoms with Gasteiger partial charge in [0.2, 0.25) is 0 Å². The molecule has 0 aromatic heterocycles. The van der Waals surface area contributed by atoms with Crippen LogP contribution in [-0.4, -0.2) is 31.2 Å². The number of hydrogen-bond donors (Lipinski definition) is 0. The highest BCUT2D eigenvalue weighted by atomic mass is 16.5. The Balaban J connectivity index is 1.74. The fourth-order valence-corrected chi connectivity index (χ4v) is 3.36. The van der Waals surface area contributed by atoms with Gasteiger partial charge in [-0.3, -0.25) is 4.90 Å². The van der Waals surface area contributed by atoms with Crippen LogP contribution >= 0.6 is 0 Å². The van der Waals surface area contributed by atoms with E-state index >= 15 is 0 Å². The molecule has 2 nitrogen and oxygen atoms in total. The first-order valence-electron chi connectivity index (χ1n) is 6.75. The number of nitrogens with zero attached hydrogens (tertiary/aromatic N) is 1. The van der Waals surface area contributed by atoms with Gasteiger partial charge >= 0.3 is 0 Å². The predicted octanol–water partition coefficient (Wildman–Crippen LogP) is 2.72. The topological polar surface area (TPSA) is 12.5 Å². The fourth-order valence-electron chi connectivity index (χ4n) is 3.36. The number of fused-ring (bicyclic) bond motifs is 1. The highest BCUT2D eigenvalue weighted by Crippen LogP contribution is 2.35. The monoisotopic (exact) mass is 231 g/mol. The SMILES string of the molecule is CCC(c1ccccc1)N1CC2COCC2C1. The lowest BCUT2D eigenvalue weighted by atomic mass is 10.0. The highest BCUT2D eigenvalue weighted by Gasteiger charge is 2.39. The Bertz CT molecular complexity index is 352. The lowest BCUT2D eigenvalue weighted by Gasteiger charge is -2.28. The van der Waals surface area contributed by atoms with Gasteiger partial charge in [-0.1, -0.05) is 37.3 Å². The van der Waals surface area contributed by atoms with Crippen LogP contribution in [0.4, 0.5) is 0 Å². The Kier molecular flexibility index (Phi) is 3.17. The van der Waals surface area contributed by atoms with E-state index in [0.717, 1.165) is 25.0 Å². The van der Waals surface area contributed by atoms with E-state index in [4.69, 9.17) is 4.74 Å². The van der Waals surface area contributed by atoms with Gasteiger partial charge in [-0.2, -0.15) is 0 Å². The van der Waals surface area contributed by atoms with Crippen LogP contribution in [0.2, 0.25) is 0 Å². The van der Waals surface area contributed by atoms with E-state index in [0.29, 0.717) is 6.04 Å². The van der Waals surface area contributed by atoms with Crippen molar-refractivity contribution in [2.75, 3.05) is 26.3 Å². The third-order valence-corrected chi connectivity index (χ3v) is 4.28. The molecule has 1 aromatic carbocycles. The van der Waals surface area contributed by atoms with Gasteiger partial charge in [0.05, 0.1) is 13.2 Å². The molecule has 3 atom stereocenters. The molecule has 0 radical (unpaired) electrons. The molecule has 3 rings (SSSR count). The molecule has 3 unspecified atom stereocenters. The molecule has 2 aliphatic rings. The normalized spacial score (nSPS) is 30.4. The number of likely N-dealkylation sites (tertiary alicyclic amines) is 1. The maximum Gasteiger partial charge on any atom is 0.0510 e. The van der Waals surface area contributed by atoms with Gasteiger partial charge in [-0.25, -0.2) is 0 Å². The summed E-state index contributed by atoms with van der Waals surface area (Å²) in [7, 11) is 0. The molecule has 0 bridgehead atoms. The third kappa shape index (κ3) is 2.12. The summed E-state index contributed by atoms with van der Waals surface area (Å²) in [4.78, 5) is 2.66. The van der Waals surface area contributed by atoms with Gasteiger partial charge in [0.15, 0.2) is 0 Å². The zero-order valence-corrected chi connectivity index (χ0v) is 10.5. The number of hydrogen-bond acceptors (Lipinski definition) is 2. The summed E-state index contributed by atoms with van der Waals surface area (Å²) in [5, 5.41) is 0. The molecule has 0 aliphatic carbocycles. The Morgan fingerprint density at radius 1 is 1.18 bits per heavy atom. The van der Waals surface area contributed by atoms with Crippen LogP contribution in [0.3, 0.4) is 0 Å². The molecule has 2 aliphatic heterocycles. The quantitative estimate of drug-likeness (QED) is 0.793. The smallest absolute Gasteiger partial charge is 0.0510 e. The Morgan fingerprint density at radius 2 is 1.82 bits per heavy atom. The van der Waals surface area contributed by atoms with E-state index in [1.54, 1.807) is 0 Å². The third-order valence-electron chi connectivity index (χ3n) is 4.28. The first-order chi connectivity index (χ1) is 8.38. The van der Waals surface area contributed by atoms with Crippen molar-refractivity contribution >= 4 is 0 Å². The number of rotatable bonds is 3. The second-order valence-corrected chi connectivity index (χ2v) is 5.35. The van der Waals surface area contributed by atoms with Gasteiger partial charge in [0.25, 0.3) is 0 Å². The number of ether oxygens (including phenoxy) is 1. The molecule has 2 saturated heterocycles. The van der Waals surface area contributed by atoms with Gasteiger partial charge in [-0.15, -0.1) is 0 Å². The molecule has 2 heteroatoms. The highest BCUT2D eigenvalue weighted by molar-refractivity contribution is 5.19. The van der Waals surface area contributed by atoms with Crippen LogP contribution in [0.5, 0.6) is 0 Å². The summed E-state index contributed by atoms with van der Waals surface area (Å²) in [6.45, 7) is 6.69. The fraction of sp³-hybridized carbons (Fsp3) is 0.600. The van der Waals surface area contributed by atoms with Crippen LogP contribution in [-0.2, 0) is 4.74 Å². The minimum atomic E-state index is 0.599. The van der Waals surface area contributed by atoms with Gasteiger partial charge in [0, 0.05) is 31.0 Å². The summed E-state index contributed by atoms with van der Waals surface area (Å²) in [6, 6.07) is 11.5. The van der Waals surface area contributed by atoms with Crippen molar-refractivity contribution in [3.63, 3.8) is 0 Å². The van der Waals surface area contributed by atoms with Crippen molar-refractivity contribution in [1.82, 2.24) is 4.90 Å². The molecular formula is C15H21NO. The van der Waals surface area contributed by atoms with E-state index in [-0.39, 0.29) is 0 Å². The zero-order chi connectivity index (χ0) is 11.7. The predicted molar refractivity (Wildman–Crippen MR) is 68.8 cm³/mol. The molecule has 0 N–H and O–H groups in total. The van der Waals surface area contributed by atoms with Crippen molar-refractivity contribution in [1.29, 1.82) is 0 Å².